The van der Waals surface area contributed by atoms with E-state index in [1.54, 1.807) is 11.8 Å². The SMILES string of the molecule is O=C(c1ccccc1SCc1cn2ccccc2n1)N1CCN(C(=O)C2CCC2)CC1. The smallest absolute Gasteiger partial charge is 0.255 e. The monoisotopic (exact) mass is 434 g/mol. The summed E-state index contributed by atoms with van der Waals surface area (Å²) in [6.45, 7) is 2.47. The predicted octanol–water partition coefficient (Wildman–Crippen LogP) is 3.71. The van der Waals surface area contributed by atoms with Crippen molar-refractivity contribution in [3.8, 4) is 0 Å². The fraction of sp³-hybridized carbons (Fsp3) is 0.375. The van der Waals surface area contributed by atoms with Crippen LogP contribution in [0.25, 0.3) is 5.65 Å². The van der Waals surface area contributed by atoms with Gasteiger partial charge in [0.25, 0.3) is 5.91 Å². The van der Waals surface area contributed by atoms with E-state index in [0.717, 1.165) is 41.1 Å². The normalized spacial score (nSPS) is 17.0. The average molecular weight is 435 g/mol. The molecule has 6 nitrogen and oxygen atoms in total. The van der Waals surface area contributed by atoms with Gasteiger partial charge in [-0.1, -0.05) is 24.6 Å². The summed E-state index contributed by atoms with van der Waals surface area (Å²) in [7, 11) is 0. The van der Waals surface area contributed by atoms with Crippen LogP contribution < -0.4 is 0 Å². The minimum atomic E-state index is 0.0499. The standard InChI is InChI=1S/C24H26N4O2S/c29-23(18-6-5-7-18)26-12-14-27(15-13-26)24(30)20-8-1-2-9-21(20)31-17-19-16-28-11-4-3-10-22(28)25-19/h1-4,8-11,16,18H,5-7,12-15,17H2. The number of aromatic nitrogens is 2. The molecule has 1 aromatic carbocycles. The molecule has 0 atom stereocenters. The van der Waals surface area contributed by atoms with Gasteiger partial charge in [-0.2, -0.15) is 0 Å². The van der Waals surface area contributed by atoms with Crippen molar-refractivity contribution in [3.63, 3.8) is 0 Å². The molecule has 1 saturated carbocycles. The Labute approximate surface area is 186 Å². The van der Waals surface area contributed by atoms with Gasteiger partial charge in [0.15, 0.2) is 0 Å². The van der Waals surface area contributed by atoms with Gasteiger partial charge in [-0.15, -0.1) is 11.8 Å². The van der Waals surface area contributed by atoms with E-state index < -0.39 is 0 Å². The second-order valence-corrected chi connectivity index (χ2v) is 9.25. The number of hydrogen-bond donors (Lipinski definition) is 0. The molecule has 5 rings (SSSR count). The van der Waals surface area contributed by atoms with Crippen LogP contribution in [0, 0.1) is 5.92 Å². The van der Waals surface area contributed by atoms with E-state index >= 15 is 0 Å². The Bertz CT molecular complexity index is 1070. The van der Waals surface area contributed by atoms with E-state index in [2.05, 4.69) is 4.98 Å². The predicted molar refractivity (Wildman–Crippen MR) is 121 cm³/mol. The van der Waals surface area contributed by atoms with Crippen molar-refractivity contribution in [1.82, 2.24) is 19.2 Å². The van der Waals surface area contributed by atoms with Gasteiger partial charge in [0, 0.05) is 55.1 Å². The van der Waals surface area contributed by atoms with E-state index in [1.165, 1.54) is 0 Å². The topological polar surface area (TPSA) is 57.9 Å². The molecule has 1 aliphatic carbocycles. The Morgan fingerprint density at radius 2 is 1.71 bits per heavy atom. The van der Waals surface area contributed by atoms with Gasteiger partial charge in [0.1, 0.15) is 5.65 Å². The Morgan fingerprint density at radius 3 is 2.45 bits per heavy atom. The minimum absolute atomic E-state index is 0.0499. The van der Waals surface area contributed by atoms with Crippen molar-refractivity contribution in [3.05, 3.63) is 66.1 Å². The van der Waals surface area contributed by atoms with Gasteiger partial charge < -0.3 is 14.2 Å². The summed E-state index contributed by atoms with van der Waals surface area (Å²) in [6.07, 6.45) is 7.23. The molecule has 2 aliphatic rings. The van der Waals surface area contributed by atoms with Crippen molar-refractivity contribution in [2.75, 3.05) is 26.2 Å². The molecule has 3 aromatic rings. The maximum Gasteiger partial charge on any atom is 0.255 e. The lowest BCUT2D eigenvalue weighted by atomic mass is 9.84. The van der Waals surface area contributed by atoms with Crippen molar-refractivity contribution >= 4 is 29.2 Å². The van der Waals surface area contributed by atoms with Crippen LogP contribution in [0.15, 0.2) is 59.8 Å². The molecule has 2 aromatic heterocycles. The maximum absolute atomic E-state index is 13.2. The fourth-order valence-corrected chi connectivity index (χ4v) is 5.12. The van der Waals surface area contributed by atoms with Crippen molar-refractivity contribution in [2.24, 2.45) is 5.92 Å². The molecular formula is C24H26N4O2S. The number of nitrogens with zero attached hydrogens (tertiary/aromatic N) is 4. The third-order valence-electron chi connectivity index (χ3n) is 6.24. The van der Waals surface area contributed by atoms with Gasteiger partial charge in [-0.3, -0.25) is 9.59 Å². The third kappa shape index (κ3) is 4.19. The molecular weight excluding hydrogens is 408 g/mol. The number of pyridine rings is 1. The summed E-state index contributed by atoms with van der Waals surface area (Å²) in [4.78, 5) is 35.2. The lowest BCUT2D eigenvalue weighted by Gasteiger charge is -2.38. The second-order valence-electron chi connectivity index (χ2n) is 8.23. The number of hydrogen-bond acceptors (Lipinski definition) is 4. The first kappa shape index (κ1) is 20.1. The Kier molecular flexibility index (Phi) is 5.68. The minimum Gasteiger partial charge on any atom is -0.339 e. The largest absolute Gasteiger partial charge is 0.339 e. The lowest BCUT2D eigenvalue weighted by molar-refractivity contribution is -0.139. The molecule has 160 valence electrons. The average Bonchev–Trinajstić information content (AvgIpc) is 3.19. The van der Waals surface area contributed by atoms with Crippen molar-refractivity contribution < 1.29 is 9.59 Å². The maximum atomic E-state index is 13.2. The number of imidazole rings is 1. The summed E-state index contributed by atoms with van der Waals surface area (Å²) < 4.78 is 2.01. The number of carbonyl (C=O) groups is 2. The summed E-state index contributed by atoms with van der Waals surface area (Å²) in [6, 6.07) is 13.7. The summed E-state index contributed by atoms with van der Waals surface area (Å²) >= 11 is 1.64. The van der Waals surface area contributed by atoms with Crippen molar-refractivity contribution in [2.45, 2.75) is 29.9 Å². The number of amides is 2. The van der Waals surface area contributed by atoms with E-state index in [1.807, 2.05) is 69.1 Å². The van der Waals surface area contributed by atoms with Crippen LogP contribution >= 0.6 is 11.8 Å². The van der Waals surface area contributed by atoms with Crippen LogP contribution in [-0.4, -0.2) is 57.2 Å². The van der Waals surface area contributed by atoms with Gasteiger partial charge in [-0.25, -0.2) is 4.98 Å². The molecule has 2 amide bonds. The molecule has 1 saturated heterocycles. The van der Waals surface area contributed by atoms with Crippen LogP contribution in [0.4, 0.5) is 0 Å². The summed E-state index contributed by atoms with van der Waals surface area (Å²) in [5.74, 6) is 1.25. The molecule has 0 spiro atoms. The molecule has 2 fully saturated rings. The number of fused-ring (bicyclic) bond motifs is 1. The molecule has 31 heavy (non-hydrogen) atoms. The third-order valence-corrected chi connectivity index (χ3v) is 7.35. The van der Waals surface area contributed by atoms with Crippen LogP contribution in [0.5, 0.6) is 0 Å². The lowest BCUT2D eigenvalue weighted by Crippen LogP contribution is -2.52. The quantitative estimate of drug-likeness (QED) is 0.575. The summed E-state index contributed by atoms with van der Waals surface area (Å²) in [5, 5.41) is 0. The van der Waals surface area contributed by atoms with Crippen LogP contribution in [0.3, 0.4) is 0 Å². The first-order valence-corrected chi connectivity index (χ1v) is 11.9. The Morgan fingerprint density at radius 1 is 0.968 bits per heavy atom. The zero-order valence-electron chi connectivity index (χ0n) is 17.4. The number of thioether (sulfide) groups is 1. The van der Waals surface area contributed by atoms with E-state index in [0.29, 0.717) is 31.9 Å². The molecule has 0 radical (unpaired) electrons. The second kappa shape index (κ2) is 8.75. The number of piperazine rings is 1. The first-order valence-electron chi connectivity index (χ1n) is 10.9. The molecule has 0 N–H and O–H groups in total. The molecule has 0 bridgehead atoms. The Balaban J connectivity index is 1.23. The fourth-order valence-electron chi connectivity index (χ4n) is 4.19. The highest BCUT2D eigenvalue weighted by atomic mass is 32.2. The van der Waals surface area contributed by atoms with Crippen molar-refractivity contribution in [1.29, 1.82) is 0 Å². The van der Waals surface area contributed by atoms with Gasteiger partial charge >= 0.3 is 0 Å². The molecule has 1 aliphatic heterocycles. The van der Waals surface area contributed by atoms with Crippen LogP contribution in [-0.2, 0) is 10.5 Å². The van der Waals surface area contributed by atoms with Gasteiger partial charge in [0.2, 0.25) is 5.91 Å². The van der Waals surface area contributed by atoms with E-state index in [-0.39, 0.29) is 17.7 Å². The number of benzene rings is 1. The zero-order valence-corrected chi connectivity index (χ0v) is 18.3. The number of rotatable bonds is 5. The molecule has 3 heterocycles. The summed E-state index contributed by atoms with van der Waals surface area (Å²) in [5.41, 5.74) is 2.65. The zero-order chi connectivity index (χ0) is 21.2. The van der Waals surface area contributed by atoms with E-state index in [9.17, 15) is 9.59 Å². The van der Waals surface area contributed by atoms with E-state index in [4.69, 9.17) is 0 Å². The highest BCUT2D eigenvalue weighted by Gasteiger charge is 2.32. The first-order chi connectivity index (χ1) is 15.2. The van der Waals surface area contributed by atoms with Gasteiger partial charge in [0.05, 0.1) is 11.3 Å². The van der Waals surface area contributed by atoms with Gasteiger partial charge in [-0.05, 0) is 37.1 Å². The molecule has 0 unspecified atom stereocenters. The molecule has 7 heteroatoms. The van der Waals surface area contributed by atoms with Crippen LogP contribution in [0.1, 0.15) is 35.3 Å². The Hall–Kier alpha value is -2.80. The van der Waals surface area contributed by atoms with Crippen LogP contribution in [0.2, 0.25) is 0 Å². The highest BCUT2D eigenvalue weighted by Crippen LogP contribution is 2.30. The highest BCUT2D eigenvalue weighted by molar-refractivity contribution is 7.98. The number of carbonyl (C=O) groups excluding carboxylic acids is 2.